The van der Waals surface area contributed by atoms with Crippen molar-refractivity contribution in [2.45, 2.75) is 44.4 Å². The van der Waals surface area contributed by atoms with E-state index in [4.69, 9.17) is 0 Å². The topological polar surface area (TPSA) is 70.6 Å². The van der Waals surface area contributed by atoms with Crippen LogP contribution in [0.25, 0.3) is 0 Å². The molecule has 0 heterocycles. The second-order valence-electron chi connectivity index (χ2n) is 6.46. The minimum Gasteiger partial charge on any atom is -0.357 e. The Labute approximate surface area is 145 Å². The molecule has 0 radical (unpaired) electrons. The lowest BCUT2D eigenvalue weighted by molar-refractivity contribution is 0.139. The molecule has 1 saturated carbocycles. The Morgan fingerprint density at radius 2 is 1.88 bits per heavy atom. The van der Waals surface area contributed by atoms with Crippen LogP contribution in [0.5, 0.6) is 0 Å². The molecule has 1 aromatic rings. The van der Waals surface area contributed by atoms with Gasteiger partial charge in [0.1, 0.15) is 0 Å². The summed E-state index contributed by atoms with van der Waals surface area (Å²) < 4.78 is 24.6. The molecule has 1 fully saturated rings. The van der Waals surface area contributed by atoms with Crippen molar-refractivity contribution < 1.29 is 8.42 Å². The maximum absolute atomic E-state index is 12.3. The number of sulfone groups is 1. The van der Waals surface area contributed by atoms with Crippen LogP contribution in [0.1, 0.15) is 39.5 Å². The van der Waals surface area contributed by atoms with Crippen LogP contribution in [0.4, 0.5) is 0 Å². The first-order valence-electron chi connectivity index (χ1n) is 8.81. The van der Waals surface area contributed by atoms with Crippen LogP contribution >= 0.6 is 0 Å². The van der Waals surface area contributed by atoms with Gasteiger partial charge in [-0.15, -0.1) is 0 Å². The van der Waals surface area contributed by atoms with Gasteiger partial charge >= 0.3 is 0 Å². The number of hydrogen-bond donors (Lipinski definition) is 2. The molecule has 1 aromatic carbocycles. The molecule has 0 unspecified atom stereocenters. The zero-order valence-electron chi connectivity index (χ0n) is 14.7. The highest BCUT2D eigenvalue weighted by atomic mass is 32.2. The summed E-state index contributed by atoms with van der Waals surface area (Å²) in [6, 6.07) is 8.58. The summed E-state index contributed by atoms with van der Waals surface area (Å²) in [5, 5.41) is 6.35. The molecule has 0 spiro atoms. The first kappa shape index (κ1) is 18.8. The van der Waals surface area contributed by atoms with E-state index in [1.165, 1.54) is 19.3 Å². The van der Waals surface area contributed by atoms with E-state index in [2.05, 4.69) is 22.5 Å². The average Bonchev–Trinajstić information content (AvgIpc) is 2.55. The summed E-state index contributed by atoms with van der Waals surface area (Å²) in [7, 11) is -3.26. The van der Waals surface area contributed by atoms with Crippen molar-refractivity contribution in [1.82, 2.24) is 10.6 Å². The van der Waals surface area contributed by atoms with Gasteiger partial charge in [0.15, 0.2) is 15.8 Å². The summed E-state index contributed by atoms with van der Waals surface area (Å²) in [5.41, 5.74) is 0.360. The molecule has 5 nitrogen and oxygen atoms in total. The van der Waals surface area contributed by atoms with E-state index in [1.807, 2.05) is 13.0 Å². The zero-order valence-corrected chi connectivity index (χ0v) is 15.5. The second kappa shape index (κ2) is 8.51. The predicted molar refractivity (Wildman–Crippen MR) is 99.1 cm³/mol. The van der Waals surface area contributed by atoms with Crippen LogP contribution in [-0.2, 0) is 9.84 Å². The number of aliphatic imine (C=N–C) groups is 1. The molecule has 134 valence electrons. The van der Waals surface area contributed by atoms with Gasteiger partial charge in [0, 0.05) is 19.6 Å². The quantitative estimate of drug-likeness (QED) is 0.558. The van der Waals surface area contributed by atoms with Gasteiger partial charge in [-0.1, -0.05) is 31.5 Å². The number of guanidine groups is 1. The normalized spacial score (nSPS) is 17.2. The van der Waals surface area contributed by atoms with E-state index in [0.29, 0.717) is 22.8 Å². The van der Waals surface area contributed by atoms with Gasteiger partial charge in [0.2, 0.25) is 0 Å². The highest BCUT2D eigenvalue weighted by Crippen LogP contribution is 2.43. The lowest BCUT2D eigenvalue weighted by atomic mass is 9.67. The van der Waals surface area contributed by atoms with Crippen LogP contribution in [0.2, 0.25) is 0 Å². The smallest absolute Gasteiger partial charge is 0.191 e. The Balaban J connectivity index is 1.89. The van der Waals surface area contributed by atoms with Crippen LogP contribution in [0.3, 0.4) is 0 Å². The third kappa shape index (κ3) is 4.97. The van der Waals surface area contributed by atoms with Crippen LogP contribution in [0.15, 0.2) is 40.2 Å². The molecule has 1 aliphatic rings. The van der Waals surface area contributed by atoms with Gasteiger partial charge in [0.05, 0.1) is 10.6 Å². The third-order valence-electron chi connectivity index (χ3n) is 4.85. The van der Waals surface area contributed by atoms with E-state index in [-0.39, 0.29) is 5.75 Å². The summed E-state index contributed by atoms with van der Waals surface area (Å²) in [6.07, 6.45) is 4.94. The third-order valence-corrected chi connectivity index (χ3v) is 6.58. The Kier molecular flexibility index (Phi) is 6.66. The molecule has 2 rings (SSSR count). The molecule has 0 aromatic heterocycles. The Morgan fingerprint density at radius 3 is 2.42 bits per heavy atom. The molecular weight excluding hydrogens is 322 g/mol. The highest BCUT2D eigenvalue weighted by Gasteiger charge is 2.34. The maximum Gasteiger partial charge on any atom is 0.191 e. The van der Waals surface area contributed by atoms with Crippen molar-refractivity contribution in [1.29, 1.82) is 0 Å². The van der Waals surface area contributed by atoms with Crippen LogP contribution in [-0.4, -0.2) is 39.8 Å². The zero-order chi connectivity index (χ0) is 17.5. The number of hydrogen-bond acceptors (Lipinski definition) is 3. The molecule has 2 N–H and O–H groups in total. The molecule has 6 heteroatoms. The number of benzene rings is 1. The lowest BCUT2D eigenvalue weighted by Crippen LogP contribution is -2.41. The molecular formula is C18H29N3O2S. The van der Waals surface area contributed by atoms with Gasteiger partial charge in [0.25, 0.3) is 0 Å². The fourth-order valence-electron chi connectivity index (χ4n) is 2.94. The number of rotatable bonds is 8. The summed E-state index contributed by atoms with van der Waals surface area (Å²) >= 11 is 0. The van der Waals surface area contributed by atoms with Crippen molar-refractivity contribution in [3.05, 3.63) is 30.3 Å². The summed E-state index contributed by atoms with van der Waals surface area (Å²) in [5.74, 6) is 0.765. The van der Waals surface area contributed by atoms with Gasteiger partial charge < -0.3 is 10.6 Å². The van der Waals surface area contributed by atoms with Crippen molar-refractivity contribution >= 4 is 15.8 Å². The average molecular weight is 352 g/mol. The highest BCUT2D eigenvalue weighted by molar-refractivity contribution is 7.91. The number of nitrogens with zero attached hydrogens (tertiary/aromatic N) is 1. The fourth-order valence-corrected chi connectivity index (χ4v) is 4.12. The molecule has 0 saturated heterocycles. The van der Waals surface area contributed by atoms with E-state index < -0.39 is 9.84 Å². The van der Waals surface area contributed by atoms with Crippen molar-refractivity contribution in [2.75, 3.05) is 25.4 Å². The van der Waals surface area contributed by atoms with E-state index in [1.54, 1.807) is 24.3 Å². The second-order valence-corrected chi connectivity index (χ2v) is 8.57. The molecule has 0 atom stereocenters. The summed E-state index contributed by atoms with van der Waals surface area (Å²) in [4.78, 5) is 5.04. The van der Waals surface area contributed by atoms with Crippen molar-refractivity contribution in [3.63, 3.8) is 0 Å². The Bertz CT molecular complexity index is 632. The Morgan fingerprint density at radius 1 is 1.17 bits per heavy atom. The minimum atomic E-state index is -3.26. The predicted octanol–water partition coefficient (Wildman–Crippen LogP) is 2.60. The first-order valence-corrected chi connectivity index (χ1v) is 10.5. The lowest BCUT2D eigenvalue weighted by Gasteiger charge is -2.40. The molecule has 0 amide bonds. The van der Waals surface area contributed by atoms with Crippen LogP contribution < -0.4 is 10.6 Å². The SMILES string of the molecule is CCNC(=NCC1(CC)CCC1)NCCS(=O)(=O)c1ccccc1. The largest absolute Gasteiger partial charge is 0.357 e. The van der Waals surface area contributed by atoms with E-state index >= 15 is 0 Å². The molecule has 24 heavy (non-hydrogen) atoms. The van der Waals surface area contributed by atoms with E-state index in [0.717, 1.165) is 19.5 Å². The molecule has 0 aliphatic heterocycles. The Hall–Kier alpha value is -1.56. The van der Waals surface area contributed by atoms with Crippen molar-refractivity contribution in [2.24, 2.45) is 10.4 Å². The number of nitrogens with one attached hydrogen (secondary N) is 2. The van der Waals surface area contributed by atoms with Crippen LogP contribution in [0, 0.1) is 5.41 Å². The maximum atomic E-state index is 12.3. The van der Waals surface area contributed by atoms with Gasteiger partial charge in [-0.25, -0.2) is 8.42 Å². The summed E-state index contributed by atoms with van der Waals surface area (Å²) in [6.45, 7) is 6.15. The minimum absolute atomic E-state index is 0.0559. The van der Waals surface area contributed by atoms with Gasteiger partial charge in [-0.2, -0.15) is 0 Å². The van der Waals surface area contributed by atoms with Gasteiger partial charge in [-0.05, 0) is 43.7 Å². The first-order chi connectivity index (χ1) is 11.5. The standard InChI is InChI=1S/C18H29N3O2S/c1-3-18(11-8-12-18)15-21-17(19-4-2)20-13-14-24(22,23)16-9-6-5-7-10-16/h5-7,9-10H,3-4,8,11-15H2,1-2H3,(H2,19,20,21). The monoisotopic (exact) mass is 351 g/mol. The molecule has 0 bridgehead atoms. The molecule has 1 aliphatic carbocycles. The fraction of sp³-hybridized carbons (Fsp3) is 0.611. The van der Waals surface area contributed by atoms with Crippen molar-refractivity contribution in [3.8, 4) is 0 Å². The van der Waals surface area contributed by atoms with E-state index in [9.17, 15) is 8.42 Å². The van der Waals surface area contributed by atoms with Gasteiger partial charge in [-0.3, -0.25) is 4.99 Å².